The fourth-order valence-corrected chi connectivity index (χ4v) is 4.30. The summed E-state index contributed by atoms with van der Waals surface area (Å²) in [6.07, 6.45) is 1.02. The third-order valence-electron chi connectivity index (χ3n) is 3.97. The van der Waals surface area contributed by atoms with Gasteiger partial charge in [-0.15, -0.1) is 0 Å². The summed E-state index contributed by atoms with van der Waals surface area (Å²) in [5.41, 5.74) is 0.912. The van der Waals surface area contributed by atoms with Crippen LogP contribution in [-0.4, -0.2) is 36.0 Å². The number of nitrogens with zero attached hydrogens (tertiary/aromatic N) is 1. The molecule has 1 fully saturated rings. The smallest absolute Gasteiger partial charge is 0.243 e. The van der Waals surface area contributed by atoms with Crippen molar-refractivity contribution in [2.75, 3.05) is 6.54 Å². The Bertz CT molecular complexity index is 630. The lowest BCUT2D eigenvalue weighted by atomic mass is 9.97. The van der Waals surface area contributed by atoms with E-state index >= 15 is 0 Å². The molecular weight excluding hydrogens is 274 g/mol. The Labute approximate surface area is 120 Å². The van der Waals surface area contributed by atoms with Gasteiger partial charge in [-0.2, -0.15) is 4.31 Å². The van der Waals surface area contributed by atoms with Crippen LogP contribution in [0.1, 0.15) is 26.3 Å². The van der Waals surface area contributed by atoms with Gasteiger partial charge in [0.15, 0.2) is 0 Å². The molecule has 0 bridgehead atoms. The maximum Gasteiger partial charge on any atom is 0.243 e. The molecule has 110 valence electrons. The summed E-state index contributed by atoms with van der Waals surface area (Å²) < 4.78 is 26.9. The van der Waals surface area contributed by atoms with Gasteiger partial charge in [0, 0.05) is 6.54 Å². The first-order chi connectivity index (χ1) is 9.21. The van der Waals surface area contributed by atoms with E-state index < -0.39 is 21.7 Å². The summed E-state index contributed by atoms with van der Waals surface area (Å²) in [7, 11) is -3.61. The molecule has 2 rings (SSSR count). The summed E-state index contributed by atoms with van der Waals surface area (Å²) in [5.74, 6) is 0. The number of aliphatic hydroxyl groups excluding tert-OH is 1. The van der Waals surface area contributed by atoms with Crippen LogP contribution in [0.2, 0.25) is 0 Å². The van der Waals surface area contributed by atoms with Crippen LogP contribution in [0.3, 0.4) is 0 Å². The first-order valence-corrected chi connectivity index (χ1v) is 8.08. The molecule has 1 heterocycles. The molecule has 1 N–H and O–H groups in total. The van der Waals surface area contributed by atoms with Gasteiger partial charge in [0.05, 0.1) is 16.5 Å². The van der Waals surface area contributed by atoms with Crippen LogP contribution in [-0.2, 0) is 10.0 Å². The van der Waals surface area contributed by atoms with E-state index in [-0.39, 0.29) is 11.4 Å². The normalized spacial score (nSPS) is 25.2. The zero-order chi connectivity index (χ0) is 15.1. The van der Waals surface area contributed by atoms with Crippen LogP contribution in [0, 0.1) is 6.92 Å². The summed E-state index contributed by atoms with van der Waals surface area (Å²) in [5, 5.41) is 10.3. The van der Waals surface area contributed by atoms with Crippen molar-refractivity contribution in [2.24, 2.45) is 0 Å². The highest BCUT2D eigenvalue weighted by Gasteiger charge is 2.49. The van der Waals surface area contributed by atoms with Gasteiger partial charge in [-0.25, -0.2) is 8.42 Å². The van der Waals surface area contributed by atoms with E-state index in [0.29, 0.717) is 0 Å². The number of aryl methyl sites for hydroxylation is 1. The van der Waals surface area contributed by atoms with E-state index in [2.05, 4.69) is 0 Å². The Hall–Kier alpha value is -1.17. The van der Waals surface area contributed by atoms with E-state index in [4.69, 9.17) is 0 Å². The molecule has 20 heavy (non-hydrogen) atoms. The molecule has 0 aliphatic carbocycles. The molecule has 0 aromatic heterocycles. The minimum atomic E-state index is -3.61. The van der Waals surface area contributed by atoms with Gasteiger partial charge in [-0.3, -0.25) is 0 Å². The van der Waals surface area contributed by atoms with Crippen molar-refractivity contribution in [3.05, 3.63) is 41.5 Å². The minimum Gasteiger partial charge on any atom is -0.387 e. The van der Waals surface area contributed by atoms with Gasteiger partial charge in [0.1, 0.15) is 0 Å². The summed E-state index contributed by atoms with van der Waals surface area (Å²) in [4.78, 5) is 0.265. The second-order valence-electron chi connectivity index (χ2n) is 5.74. The molecule has 1 aromatic rings. The number of benzene rings is 1. The number of hydrogen-bond donors (Lipinski definition) is 1. The lowest BCUT2D eigenvalue weighted by Crippen LogP contribution is -2.47. The number of aliphatic hydroxyl groups is 1. The Morgan fingerprint density at radius 3 is 2.30 bits per heavy atom. The maximum atomic E-state index is 12.8. The molecule has 0 saturated carbocycles. The molecule has 1 atom stereocenters. The highest BCUT2D eigenvalue weighted by molar-refractivity contribution is 7.89. The fraction of sp³-hybridized carbons (Fsp3) is 0.467. The predicted octanol–water partition coefficient (Wildman–Crippen LogP) is 2.09. The molecular formula is C15H21NO3S. The average molecular weight is 295 g/mol. The highest BCUT2D eigenvalue weighted by Crippen LogP contribution is 2.37. The Morgan fingerprint density at radius 1 is 1.30 bits per heavy atom. The van der Waals surface area contributed by atoms with Crippen LogP contribution in [0.25, 0.3) is 0 Å². The molecule has 4 nitrogen and oxygen atoms in total. The number of rotatable bonds is 2. The second kappa shape index (κ2) is 4.98. The van der Waals surface area contributed by atoms with E-state index in [0.717, 1.165) is 11.1 Å². The van der Waals surface area contributed by atoms with Crippen LogP contribution in [0.4, 0.5) is 0 Å². The topological polar surface area (TPSA) is 57.6 Å². The zero-order valence-corrected chi connectivity index (χ0v) is 13.1. The van der Waals surface area contributed by atoms with Crippen molar-refractivity contribution in [3.8, 4) is 0 Å². The molecule has 5 heteroatoms. The molecule has 0 radical (unpaired) electrons. The summed E-state index contributed by atoms with van der Waals surface area (Å²) >= 11 is 0. The SMILES string of the molecule is C/C=C1\CN(S(=O)(=O)c2ccc(C)cc2)C(C)(C)C1O. The van der Waals surface area contributed by atoms with E-state index in [1.165, 1.54) is 4.31 Å². The van der Waals surface area contributed by atoms with E-state index in [9.17, 15) is 13.5 Å². The van der Waals surface area contributed by atoms with Gasteiger partial charge in [-0.1, -0.05) is 23.8 Å². The van der Waals surface area contributed by atoms with Crippen molar-refractivity contribution in [3.63, 3.8) is 0 Å². The quantitative estimate of drug-likeness (QED) is 0.850. The molecule has 1 aliphatic heterocycles. The largest absolute Gasteiger partial charge is 0.387 e. The minimum absolute atomic E-state index is 0.237. The van der Waals surface area contributed by atoms with Gasteiger partial charge >= 0.3 is 0 Å². The van der Waals surface area contributed by atoms with Crippen LogP contribution in [0.5, 0.6) is 0 Å². The molecule has 0 spiro atoms. The standard InChI is InChI=1S/C15H21NO3S/c1-5-12-10-16(15(3,4)14(12)17)20(18,19)13-8-6-11(2)7-9-13/h5-9,14,17H,10H2,1-4H3/b12-5+. The maximum absolute atomic E-state index is 12.8. The molecule has 1 aliphatic rings. The molecule has 1 saturated heterocycles. The van der Waals surface area contributed by atoms with E-state index in [1.54, 1.807) is 44.2 Å². The summed E-state index contributed by atoms with van der Waals surface area (Å²) in [6, 6.07) is 6.79. The molecule has 0 amide bonds. The van der Waals surface area contributed by atoms with E-state index in [1.807, 2.05) is 13.8 Å². The Balaban J connectivity index is 2.47. The second-order valence-corrected chi connectivity index (χ2v) is 7.61. The van der Waals surface area contributed by atoms with Crippen molar-refractivity contribution in [2.45, 2.75) is 44.2 Å². The number of sulfonamides is 1. The first-order valence-electron chi connectivity index (χ1n) is 6.64. The van der Waals surface area contributed by atoms with Gasteiger partial charge in [0.25, 0.3) is 0 Å². The lowest BCUT2D eigenvalue weighted by molar-refractivity contribution is 0.106. The Kier molecular flexibility index (Phi) is 3.79. The van der Waals surface area contributed by atoms with Crippen molar-refractivity contribution < 1.29 is 13.5 Å². The van der Waals surface area contributed by atoms with Crippen molar-refractivity contribution >= 4 is 10.0 Å². The number of hydrogen-bond acceptors (Lipinski definition) is 3. The number of allylic oxidation sites excluding steroid dienone is 1. The first kappa shape index (κ1) is 15.2. The highest BCUT2D eigenvalue weighted by atomic mass is 32.2. The molecule has 1 unspecified atom stereocenters. The fourth-order valence-electron chi connectivity index (χ4n) is 2.53. The molecule has 1 aromatic carbocycles. The monoisotopic (exact) mass is 295 g/mol. The van der Waals surface area contributed by atoms with Crippen LogP contribution >= 0.6 is 0 Å². The zero-order valence-electron chi connectivity index (χ0n) is 12.3. The third kappa shape index (κ3) is 2.30. The van der Waals surface area contributed by atoms with Crippen LogP contribution < -0.4 is 0 Å². The van der Waals surface area contributed by atoms with Gasteiger partial charge in [-0.05, 0) is 45.4 Å². The summed E-state index contributed by atoms with van der Waals surface area (Å²) in [6.45, 7) is 7.47. The van der Waals surface area contributed by atoms with Crippen LogP contribution in [0.15, 0.2) is 40.8 Å². The van der Waals surface area contributed by atoms with Gasteiger partial charge in [0.2, 0.25) is 10.0 Å². The van der Waals surface area contributed by atoms with Gasteiger partial charge < -0.3 is 5.11 Å². The van der Waals surface area contributed by atoms with Crippen molar-refractivity contribution in [1.29, 1.82) is 0 Å². The third-order valence-corrected chi connectivity index (χ3v) is 6.02. The van der Waals surface area contributed by atoms with Crippen molar-refractivity contribution in [1.82, 2.24) is 4.31 Å². The average Bonchev–Trinajstić information content (AvgIpc) is 2.62. The Morgan fingerprint density at radius 2 is 1.85 bits per heavy atom. The predicted molar refractivity (Wildman–Crippen MR) is 78.9 cm³/mol. The lowest BCUT2D eigenvalue weighted by Gasteiger charge is -2.32.